The lowest BCUT2D eigenvalue weighted by Crippen LogP contribution is -2.04. The SMILES string of the molecule is CCCCCCCCCCC(S)(S)SSSCS. The van der Waals surface area contributed by atoms with Crippen LogP contribution in [0.5, 0.6) is 0 Å². The maximum atomic E-state index is 4.60. The molecule has 0 N–H and O–H groups in total. The minimum atomic E-state index is -0.192. The third kappa shape index (κ3) is 14.5. The average Bonchev–Trinajstić information content (AvgIpc) is 2.33. The van der Waals surface area contributed by atoms with Crippen LogP contribution in [0.1, 0.15) is 64.7 Å². The molecule has 0 atom stereocenters. The highest BCUT2D eigenvalue weighted by Crippen LogP contribution is 2.50. The van der Waals surface area contributed by atoms with Gasteiger partial charge in [0.15, 0.2) is 0 Å². The Kier molecular flexibility index (Phi) is 15.7. The number of rotatable bonds is 13. The summed E-state index contributed by atoms with van der Waals surface area (Å²) in [6.07, 6.45) is 11.9. The Labute approximate surface area is 141 Å². The molecular weight excluding hydrogens is 337 g/mol. The van der Waals surface area contributed by atoms with Gasteiger partial charge in [0.25, 0.3) is 0 Å². The monoisotopic (exact) mass is 362 g/mol. The number of hydrogen-bond acceptors (Lipinski definition) is 6. The summed E-state index contributed by atoms with van der Waals surface area (Å²) in [6, 6.07) is 0. The summed E-state index contributed by atoms with van der Waals surface area (Å²) in [5.74, 6) is 0. The van der Waals surface area contributed by atoms with Crippen molar-refractivity contribution in [2.45, 2.75) is 68.1 Å². The van der Waals surface area contributed by atoms with Crippen LogP contribution in [-0.2, 0) is 0 Å². The first-order chi connectivity index (χ1) is 8.62. The minimum Gasteiger partial charge on any atom is -0.167 e. The lowest BCUT2D eigenvalue weighted by molar-refractivity contribution is 0.569. The Bertz CT molecular complexity index is 174. The van der Waals surface area contributed by atoms with Crippen molar-refractivity contribution >= 4 is 69.3 Å². The number of thiol groups is 3. The van der Waals surface area contributed by atoms with E-state index in [0.717, 1.165) is 11.5 Å². The van der Waals surface area contributed by atoms with Crippen LogP contribution in [0.25, 0.3) is 0 Å². The van der Waals surface area contributed by atoms with Gasteiger partial charge in [0.2, 0.25) is 0 Å². The Morgan fingerprint density at radius 1 is 0.889 bits per heavy atom. The second-order valence-corrected chi connectivity index (χ2v) is 12.0. The van der Waals surface area contributed by atoms with Crippen LogP contribution in [-0.4, -0.2) is 8.50 Å². The van der Waals surface area contributed by atoms with Crippen molar-refractivity contribution in [1.82, 2.24) is 0 Å². The first-order valence-corrected chi connectivity index (χ1v) is 11.8. The average molecular weight is 363 g/mol. The van der Waals surface area contributed by atoms with E-state index in [9.17, 15) is 0 Å². The van der Waals surface area contributed by atoms with Gasteiger partial charge in [-0.1, -0.05) is 79.9 Å². The largest absolute Gasteiger partial charge is 0.167 e. The molecule has 0 spiro atoms. The van der Waals surface area contributed by atoms with Gasteiger partial charge in [0.05, 0.1) is 0 Å². The molecule has 0 bridgehead atoms. The lowest BCUT2D eigenvalue weighted by Gasteiger charge is -2.20. The van der Waals surface area contributed by atoms with Crippen LogP contribution in [0.4, 0.5) is 0 Å². The van der Waals surface area contributed by atoms with Gasteiger partial charge in [-0.05, 0) is 16.2 Å². The molecule has 0 amide bonds. The number of hydrogen-bond donors (Lipinski definition) is 3. The smallest absolute Gasteiger partial charge is 0.112 e. The molecule has 0 saturated carbocycles. The molecule has 0 heterocycles. The summed E-state index contributed by atoms with van der Waals surface area (Å²) in [7, 11) is 5.21. The van der Waals surface area contributed by atoms with Crippen LogP contribution in [0.15, 0.2) is 0 Å². The zero-order valence-electron chi connectivity index (χ0n) is 11.1. The molecule has 0 aromatic carbocycles. The van der Waals surface area contributed by atoms with Crippen LogP contribution in [0.2, 0.25) is 0 Å². The third-order valence-electron chi connectivity index (χ3n) is 2.62. The predicted molar refractivity (Wildman–Crippen MR) is 105 cm³/mol. The molecule has 0 aliphatic heterocycles. The van der Waals surface area contributed by atoms with E-state index in [1.807, 2.05) is 0 Å². The van der Waals surface area contributed by atoms with Crippen LogP contribution < -0.4 is 0 Å². The number of unbranched alkanes of at least 4 members (excludes halogenated alkanes) is 7. The van der Waals surface area contributed by atoms with Crippen LogP contribution in [0, 0.1) is 0 Å². The van der Waals surface area contributed by atoms with Gasteiger partial charge >= 0.3 is 0 Å². The van der Waals surface area contributed by atoms with E-state index in [1.165, 1.54) is 51.4 Å². The van der Waals surface area contributed by atoms with E-state index in [-0.39, 0.29) is 3.41 Å². The second kappa shape index (κ2) is 14.1. The van der Waals surface area contributed by atoms with Gasteiger partial charge in [-0.2, -0.15) is 37.9 Å². The van der Waals surface area contributed by atoms with Crippen molar-refractivity contribution in [2.75, 3.05) is 5.08 Å². The maximum absolute atomic E-state index is 4.60. The normalized spacial score (nSPS) is 12.0. The van der Waals surface area contributed by atoms with Gasteiger partial charge in [-0.15, -0.1) is 0 Å². The van der Waals surface area contributed by atoms with Crippen molar-refractivity contribution in [2.24, 2.45) is 0 Å². The summed E-state index contributed by atoms with van der Waals surface area (Å²) in [4.78, 5) is 0. The maximum Gasteiger partial charge on any atom is 0.112 e. The van der Waals surface area contributed by atoms with Crippen molar-refractivity contribution in [3.05, 3.63) is 0 Å². The van der Waals surface area contributed by atoms with Crippen LogP contribution >= 0.6 is 69.3 Å². The molecule has 0 aliphatic rings. The van der Waals surface area contributed by atoms with Crippen LogP contribution in [0.3, 0.4) is 0 Å². The summed E-state index contributed by atoms with van der Waals surface area (Å²) in [5, 5.41) is 0.840. The molecule has 6 heteroatoms. The van der Waals surface area contributed by atoms with Gasteiger partial charge < -0.3 is 0 Å². The first kappa shape index (κ1) is 20.1. The fourth-order valence-electron chi connectivity index (χ4n) is 1.63. The first-order valence-electron chi connectivity index (χ1n) is 6.65. The van der Waals surface area contributed by atoms with E-state index in [1.54, 1.807) is 31.4 Å². The molecule has 0 aromatic rings. The molecule has 0 unspecified atom stereocenters. The molecule has 110 valence electrons. The highest BCUT2D eigenvalue weighted by molar-refractivity contribution is 9.11. The standard InChI is InChI=1S/C12H26S6/c1-2-3-4-5-6-7-8-9-10-12(14,15)17-18-16-11-13/h13-15H,2-11H2,1H3. The zero-order valence-corrected chi connectivity index (χ0v) is 16.3. The second-order valence-electron chi connectivity index (χ2n) is 4.37. The lowest BCUT2D eigenvalue weighted by atomic mass is 10.1. The molecule has 0 radical (unpaired) electrons. The Morgan fingerprint density at radius 2 is 1.44 bits per heavy atom. The predicted octanol–water partition coefficient (Wildman–Crippen LogP) is 6.95. The summed E-state index contributed by atoms with van der Waals surface area (Å²) in [6.45, 7) is 2.26. The third-order valence-corrected chi connectivity index (χ3v) is 9.19. The van der Waals surface area contributed by atoms with E-state index in [4.69, 9.17) is 0 Å². The van der Waals surface area contributed by atoms with Crippen molar-refractivity contribution < 1.29 is 0 Å². The molecular formula is C12H26S6. The van der Waals surface area contributed by atoms with Gasteiger partial charge in [-0.25, -0.2) is 0 Å². The van der Waals surface area contributed by atoms with Gasteiger partial charge in [0, 0.05) is 5.08 Å². The summed E-state index contributed by atoms with van der Waals surface area (Å²) in [5.41, 5.74) is 0. The van der Waals surface area contributed by atoms with E-state index in [0.29, 0.717) is 0 Å². The quantitative estimate of drug-likeness (QED) is 0.140. The minimum absolute atomic E-state index is 0.192. The molecule has 0 fully saturated rings. The van der Waals surface area contributed by atoms with Crippen molar-refractivity contribution in [3.63, 3.8) is 0 Å². The van der Waals surface area contributed by atoms with E-state index < -0.39 is 0 Å². The molecule has 0 aromatic heterocycles. The molecule has 0 saturated heterocycles. The van der Waals surface area contributed by atoms with Gasteiger partial charge in [0.1, 0.15) is 3.41 Å². The summed E-state index contributed by atoms with van der Waals surface area (Å²) >= 11 is 13.4. The Balaban J connectivity index is 3.30. The zero-order chi connectivity index (χ0) is 13.7. The topological polar surface area (TPSA) is 0 Å². The van der Waals surface area contributed by atoms with E-state index in [2.05, 4.69) is 44.8 Å². The van der Waals surface area contributed by atoms with Crippen molar-refractivity contribution in [1.29, 1.82) is 0 Å². The van der Waals surface area contributed by atoms with Gasteiger partial charge in [-0.3, -0.25) is 0 Å². The van der Waals surface area contributed by atoms with Crippen molar-refractivity contribution in [3.8, 4) is 0 Å². The Morgan fingerprint density at radius 3 is 2.00 bits per heavy atom. The summed E-state index contributed by atoms with van der Waals surface area (Å²) < 4.78 is -0.192. The molecule has 0 aliphatic carbocycles. The molecule has 0 nitrogen and oxygen atoms in total. The van der Waals surface area contributed by atoms with E-state index >= 15 is 0 Å². The highest BCUT2D eigenvalue weighted by atomic mass is 33.5. The Hall–Kier alpha value is 2.10. The fourth-order valence-corrected chi connectivity index (χ4v) is 7.83. The fraction of sp³-hybridized carbons (Fsp3) is 1.00. The molecule has 0 rings (SSSR count). The molecule has 18 heavy (non-hydrogen) atoms. The highest BCUT2D eigenvalue weighted by Gasteiger charge is 2.20.